The number of ether oxygens (including phenoxy) is 3. The van der Waals surface area contributed by atoms with Crippen LogP contribution in [0.15, 0.2) is 48.0 Å². The molecule has 1 heterocycles. The van der Waals surface area contributed by atoms with E-state index in [2.05, 4.69) is 20.8 Å². The lowest BCUT2D eigenvalue weighted by atomic mass is 9.95. The van der Waals surface area contributed by atoms with Gasteiger partial charge in [-0.15, -0.1) is 0 Å². The van der Waals surface area contributed by atoms with Gasteiger partial charge in [-0.1, -0.05) is 33.3 Å². The first kappa shape index (κ1) is 30.0. The Kier molecular flexibility index (Phi) is 10.8. The van der Waals surface area contributed by atoms with Crippen LogP contribution in [-0.2, 0) is 9.59 Å². The van der Waals surface area contributed by atoms with Crippen LogP contribution < -0.4 is 14.2 Å². The second kappa shape index (κ2) is 14.0. The molecule has 8 heteroatoms. The fourth-order valence-electron chi connectivity index (χ4n) is 4.34. The van der Waals surface area contributed by atoms with E-state index in [9.17, 15) is 14.7 Å². The van der Waals surface area contributed by atoms with E-state index in [4.69, 9.17) is 14.2 Å². The fourth-order valence-corrected chi connectivity index (χ4v) is 4.34. The van der Waals surface area contributed by atoms with Gasteiger partial charge in [-0.3, -0.25) is 9.59 Å². The SMILES string of the molecule is CCCCOc1ccc(/C(O)=C2\C(=O)C(=O)N(CCN(C)C)C2c2ccc(OCCC(C)C)c(OC)c2)cc1. The summed E-state index contributed by atoms with van der Waals surface area (Å²) in [5.41, 5.74) is 1.14. The third-order valence-corrected chi connectivity index (χ3v) is 6.68. The van der Waals surface area contributed by atoms with Crippen molar-refractivity contribution in [1.82, 2.24) is 9.80 Å². The molecule has 39 heavy (non-hydrogen) atoms. The van der Waals surface area contributed by atoms with Gasteiger partial charge in [0.1, 0.15) is 11.5 Å². The molecule has 1 N–H and O–H groups in total. The Bertz CT molecular complexity index is 1160. The number of aliphatic hydroxyl groups excluding tert-OH is 1. The van der Waals surface area contributed by atoms with Crippen LogP contribution in [-0.4, -0.2) is 74.1 Å². The Balaban J connectivity index is 2.02. The van der Waals surface area contributed by atoms with Crippen molar-refractivity contribution >= 4 is 17.4 Å². The third kappa shape index (κ3) is 7.53. The van der Waals surface area contributed by atoms with Crippen molar-refractivity contribution in [3.05, 3.63) is 59.2 Å². The second-order valence-electron chi connectivity index (χ2n) is 10.5. The summed E-state index contributed by atoms with van der Waals surface area (Å²) >= 11 is 0. The summed E-state index contributed by atoms with van der Waals surface area (Å²) in [6.45, 7) is 8.39. The minimum absolute atomic E-state index is 0.0499. The number of carbonyl (C=O) groups is 2. The third-order valence-electron chi connectivity index (χ3n) is 6.68. The Morgan fingerprint density at radius 2 is 1.74 bits per heavy atom. The molecule has 1 aliphatic rings. The van der Waals surface area contributed by atoms with Crippen LogP contribution in [0.1, 0.15) is 57.2 Å². The molecule has 212 valence electrons. The molecule has 2 aromatic rings. The largest absolute Gasteiger partial charge is 0.507 e. The maximum absolute atomic E-state index is 13.3. The van der Waals surface area contributed by atoms with Crippen LogP contribution in [0, 0.1) is 5.92 Å². The smallest absolute Gasteiger partial charge is 0.295 e. The van der Waals surface area contributed by atoms with Crippen molar-refractivity contribution < 1.29 is 28.9 Å². The predicted octanol–water partition coefficient (Wildman–Crippen LogP) is 5.28. The number of aliphatic hydroxyl groups is 1. The lowest BCUT2D eigenvalue weighted by Crippen LogP contribution is -2.35. The van der Waals surface area contributed by atoms with Gasteiger partial charge in [0.2, 0.25) is 0 Å². The first-order chi connectivity index (χ1) is 18.7. The van der Waals surface area contributed by atoms with Crippen molar-refractivity contribution in [3.8, 4) is 17.2 Å². The van der Waals surface area contributed by atoms with Crippen molar-refractivity contribution in [3.63, 3.8) is 0 Å². The van der Waals surface area contributed by atoms with E-state index in [-0.39, 0.29) is 11.3 Å². The van der Waals surface area contributed by atoms with E-state index in [1.807, 2.05) is 25.1 Å². The summed E-state index contributed by atoms with van der Waals surface area (Å²) in [6.07, 6.45) is 2.88. The van der Waals surface area contributed by atoms with Crippen molar-refractivity contribution in [2.24, 2.45) is 5.92 Å². The molecule has 3 rings (SSSR count). The molecule has 0 aliphatic carbocycles. The van der Waals surface area contributed by atoms with Gasteiger partial charge in [0, 0.05) is 18.7 Å². The number of amides is 1. The second-order valence-corrected chi connectivity index (χ2v) is 10.5. The first-order valence-electron chi connectivity index (χ1n) is 13.6. The van der Waals surface area contributed by atoms with Crippen molar-refractivity contribution in [1.29, 1.82) is 0 Å². The van der Waals surface area contributed by atoms with Gasteiger partial charge >= 0.3 is 0 Å². The highest BCUT2D eigenvalue weighted by Crippen LogP contribution is 2.42. The van der Waals surface area contributed by atoms with E-state index >= 15 is 0 Å². The molecule has 1 amide bonds. The van der Waals surface area contributed by atoms with E-state index in [1.54, 1.807) is 43.5 Å². The number of hydrogen-bond donors (Lipinski definition) is 1. The number of ketones is 1. The first-order valence-corrected chi connectivity index (χ1v) is 13.6. The Hall–Kier alpha value is -3.52. The summed E-state index contributed by atoms with van der Waals surface area (Å²) in [4.78, 5) is 30.0. The van der Waals surface area contributed by atoms with E-state index in [0.29, 0.717) is 60.6 Å². The van der Waals surface area contributed by atoms with E-state index < -0.39 is 17.7 Å². The molecule has 0 bridgehead atoms. The van der Waals surface area contributed by atoms with Crippen LogP contribution in [0.2, 0.25) is 0 Å². The number of rotatable bonds is 14. The minimum Gasteiger partial charge on any atom is -0.507 e. The molecular formula is C31H42N2O6. The molecule has 1 saturated heterocycles. The number of carbonyl (C=O) groups excluding carboxylic acids is 2. The van der Waals surface area contributed by atoms with Gasteiger partial charge in [-0.05, 0) is 74.8 Å². The Morgan fingerprint density at radius 1 is 1.03 bits per heavy atom. The van der Waals surface area contributed by atoms with Crippen LogP contribution in [0.25, 0.3) is 5.76 Å². The molecule has 1 atom stereocenters. The number of likely N-dealkylation sites (N-methyl/N-ethyl adjacent to an activating group) is 1. The number of likely N-dealkylation sites (tertiary alicyclic amines) is 1. The zero-order chi connectivity index (χ0) is 28.5. The van der Waals surface area contributed by atoms with E-state index in [0.717, 1.165) is 19.3 Å². The van der Waals surface area contributed by atoms with Gasteiger partial charge in [-0.2, -0.15) is 0 Å². The molecule has 1 unspecified atom stereocenters. The summed E-state index contributed by atoms with van der Waals surface area (Å²) in [5.74, 6) is 0.704. The molecule has 2 aromatic carbocycles. The quantitative estimate of drug-likeness (QED) is 0.151. The standard InChI is InChI=1S/C31H42N2O6/c1-7-8-18-38-24-12-9-22(10-13-24)29(34)27-28(33(17-16-32(4)5)31(36)30(27)35)23-11-14-25(26(20-23)37-6)39-19-15-21(2)3/h9-14,20-21,28,34H,7-8,15-19H2,1-6H3/b29-27+. The highest BCUT2D eigenvalue weighted by Gasteiger charge is 2.46. The number of hydrogen-bond acceptors (Lipinski definition) is 7. The summed E-state index contributed by atoms with van der Waals surface area (Å²) in [5, 5.41) is 11.4. The fraction of sp³-hybridized carbons (Fsp3) is 0.484. The normalized spacial score (nSPS) is 16.8. The predicted molar refractivity (Wildman–Crippen MR) is 152 cm³/mol. The summed E-state index contributed by atoms with van der Waals surface area (Å²) in [6, 6.07) is 11.5. The molecule has 1 aliphatic heterocycles. The number of methoxy groups -OCH3 is 1. The summed E-state index contributed by atoms with van der Waals surface area (Å²) < 4.78 is 17.3. The zero-order valence-corrected chi connectivity index (χ0v) is 24.0. The number of benzene rings is 2. The molecule has 0 saturated carbocycles. The molecule has 1 fully saturated rings. The van der Waals surface area contributed by atoms with Gasteiger partial charge < -0.3 is 29.1 Å². The van der Waals surface area contributed by atoms with Crippen LogP contribution >= 0.6 is 0 Å². The minimum atomic E-state index is -0.774. The molecule has 0 aromatic heterocycles. The van der Waals surface area contributed by atoms with E-state index in [1.165, 1.54) is 4.90 Å². The summed E-state index contributed by atoms with van der Waals surface area (Å²) in [7, 11) is 5.37. The number of Topliss-reactive ketones (excluding diaryl/α,β-unsaturated/α-hetero) is 1. The van der Waals surface area contributed by atoms with Gasteiger partial charge in [-0.25, -0.2) is 0 Å². The maximum atomic E-state index is 13.3. The maximum Gasteiger partial charge on any atom is 0.295 e. The van der Waals surface area contributed by atoms with Crippen molar-refractivity contribution in [2.45, 2.75) is 46.1 Å². The highest BCUT2D eigenvalue weighted by molar-refractivity contribution is 6.46. The molecule has 0 spiro atoms. The van der Waals surface area contributed by atoms with Crippen molar-refractivity contribution in [2.75, 3.05) is 47.5 Å². The topological polar surface area (TPSA) is 88.5 Å². The highest BCUT2D eigenvalue weighted by atomic mass is 16.5. The van der Waals surface area contributed by atoms with Crippen LogP contribution in [0.3, 0.4) is 0 Å². The monoisotopic (exact) mass is 538 g/mol. The number of nitrogens with zero attached hydrogens (tertiary/aromatic N) is 2. The molecule has 0 radical (unpaired) electrons. The Morgan fingerprint density at radius 3 is 2.36 bits per heavy atom. The lowest BCUT2D eigenvalue weighted by molar-refractivity contribution is -0.140. The zero-order valence-electron chi connectivity index (χ0n) is 24.0. The van der Waals surface area contributed by atoms with Gasteiger partial charge in [0.25, 0.3) is 11.7 Å². The van der Waals surface area contributed by atoms with Crippen LogP contribution in [0.5, 0.6) is 17.2 Å². The average Bonchev–Trinajstić information content (AvgIpc) is 3.17. The number of unbranched alkanes of at least 4 members (excludes halogenated alkanes) is 1. The lowest BCUT2D eigenvalue weighted by Gasteiger charge is -2.27. The Labute approximate surface area is 232 Å². The molecular weight excluding hydrogens is 496 g/mol. The van der Waals surface area contributed by atoms with Gasteiger partial charge in [0.05, 0.1) is 31.9 Å². The van der Waals surface area contributed by atoms with Gasteiger partial charge in [0.15, 0.2) is 11.5 Å². The average molecular weight is 539 g/mol. The van der Waals surface area contributed by atoms with Crippen LogP contribution in [0.4, 0.5) is 0 Å². The molecule has 8 nitrogen and oxygen atoms in total.